The lowest BCUT2D eigenvalue weighted by Crippen LogP contribution is -2.25. The van der Waals surface area contributed by atoms with Crippen LogP contribution in [0.1, 0.15) is 44.7 Å². The molecule has 2 amide bonds. The van der Waals surface area contributed by atoms with Gasteiger partial charge in [-0.15, -0.1) is 10.2 Å². The van der Waals surface area contributed by atoms with Crippen LogP contribution in [0, 0.1) is 13.8 Å². The fraction of sp³-hybridized carbons (Fsp3) is 0.350. The first-order valence-corrected chi connectivity index (χ1v) is 10.2. The second-order valence-electron chi connectivity index (χ2n) is 6.58. The second kappa shape index (κ2) is 9.92. The first kappa shape index (κ1) is 20.7. The Morgan fingerprint density at radius 1 is 1.10 bits per heavy atom. The molecule has 8 nitrogen and oxygen atoms in total. The molecule has 0 aliphatic carbocycles. The quantitative estimate of drug-likeness (QED) is 0.558. The molecule has 0 radical (unpaired) electrons. The molecule has 3 rings (SSSR count). The zero-order valence-corrected chi connectivity index (χ0v) is 17.2. The number of aryl methyl sites for hydroxylation is 3. The molecule has 0 aliphatic rings. The Hall–Kier alpha value is -3.07. The van der Waals surface area contributed by atoms with Gasteiger partial charge >= 0.3 is 0 Å². The van der Waals surface area contributed by atoms with E-state index in [9.17, 15) is 9.59 Å². The minimum atomic E-state index is -0.281. The van der Waals surface area contributed by atoms with E-state index in [4.69, 9.17) is 4.52 Å². The minimum absolute atomic E-state index is 0.0108. The van der Waals surface area contributed by atoms with Gasteiger partial charge in [-0.1, -0.05) is 34.7 Å². The lowest BCUT2D eigenvalue weighted by molar-refractivity contribution is -0.121. The van der Waals surface area contributed by atoms with E-state index in [2.05, 4.69) is 26.0 Å². The lowest BCUT2D eigenvalue weighted by Gasteiger charge is -2.04. The number of rotatable bonds is 9. The van der Waals surface area contributed by atoms with Crippen molar-refractivity contribution in [1.29, 1.82) is 0 Å². The number of hydrogen-bond acceptors (Lipinski definition) is 7. The molecule has 0 fully saturated rings. The third kappa shape index (κ3) is 5.95. The van der Waals surface area contributed by atoms with Crippen LogP contribution >= 0.6 is 11.3 Å². The maximum Gasteiger partial charge on any atom is 0.286 e. The summed E-state index contributed by atoms with van der Waals surface area (Å²) in [4.78, 5) is 24.2. The van der Waals surface area contributed by atoms with E-state index in [1.807, 2.05) is 44.2 Å². The largest absolute Gasteiger partial charge is 0.361 e. The molecular formula is C20H23N5O3S. The third-order valence-corrected chi connectivity index (χ3v) is 5.35. The molecule has 0 unspecified atom stereocenters. The summed E-state index contributed by atoms with van der Waals surface area (Å²) < 4.78 is 5.12. The number of para-hydroxylation sites is 1. The Morgan fingerprint density at radius 3 is 2.62 bits per heavy atom. The van der Waals surface area contributed by atoms with Gasteiger partial charge in [0.2, 0.25) is 10.9 Å². The Morgan fingerprint density at radius 2 is 1.90 bits per heavy atom. The zero-order chi connectivity index (χ0) is 20.6. The van der Waals surface area contributed by atoms with E-state index in [0.717, 1.165) is 22.0 Å². The molecule has 9 heteroatoms. The van der Waals surface area contributed by atoms with Crippen LogP contribution in [0.5, 0.6) is 0 Å². The van der Waals surface area contributed by atoms with Gasteiger partial charge in [-0.3, -0.25) is 9.59 Å². The molecule has 0 aliphatic heterocycles. The summed E-state index contributed by atoms with van der Waals surface area (Å²) in [5, 5.41) is 18.6. The maximum absolute atomic E-state index is 12.2. The maximum atomic E-state index is 12.2. The van der Waals surface area contributed by atoms with Crippen molar-refractivity contribution in [2.75, 3.05) is 11.9 Å². The topological polar surface area (TPSA) is 110 Å². The highest BCUT2D eigenvalue weighted by Gasteiger charge is 2.14. The third-order valence-electron chi connectivity index (χ3n) is 4.37. The SMILES string of the molecule is Cc1noc(C)c1CCNC(=O)CCCc1nnc(C(=O)Nc2ccccc2)s1. The number of nitrogens with zero attached hydrogens (tertiary/aromatic N) is 3. The zero-order valence-electron chi connectivity index (χ0n) is 16.4. The number of nitrogens with one attached hydrogen (secondary N) is 2. The van der Waals surface area contributed by atoms with Crippen molar-refractivity contribution in [2.24, 2.45) is 0 Å². The Bertz CT molecular complexity index is 948. The molecule has 2 N–H and O–H groups in total. The smallest absolute Gasteiger partial charge is 0.286 e. The highest BCUT2D eigenvalue weighted by molar-refractivity contribution is 7.13. The van der Waals surface area contributed by atoms with E-state index >= 15 is 0 Å². The van der Waals surface area contributed by atoms with E-state index in [1.165, 1.54) is 11.3 Å². The summed E-state index contributed by atoms with van der Waals surface area (Å²) in [5.41, 5.74) is 2.61. The summed E-state index contributed by atoms with van der Waals surface area (Å²) in [6.45, 7) is 4.31. The van der Waals surface area contributed by atoms with Crippen LogP contribution in [-0.4, -0.2) is 33.7 Å². The van der Waals surface area contributed by atoms with Crippen molar-refractivity contribution >= 4 is 28.8 Å². The molecule has 152 valence electrons. The average molecular weight is 414 g/mol. The van der Waals surface area contributed by atoms with Crippen LogP contribution < -0.4 is 10.6 Å². The van der Waals surface area contributed by atoms with Gasteiger partial charge in [0.25, 0.3) is 5.91 Å². The Balaban J connectivity index is 1.37. The van der Waals surface area contributed by atoms with Crippen molar-refractivity contribution in [3.05, 3.63) is 57.4 Å². The van der Waals surface area contributed by atoms with Gasteiger partial charge in [-0.05, 0) is 38.8 Å². The van der Waals surface area contributed by atoms with Gasteiger partial charge < -0.3 is 15.2 Å². The predicted molar refractivity (Wildman–Crippen MR) is 110 cm³/mol. The van der Waals surface area contributed by atoms with Gasteiger partial charge in [0.15, 0.2) is 0 Å². The standard InChI is InChI=1S/C20H23N5O3S/c1-13-16(14(2)28-25-13)11-12-21-17(26)9-6-10-18-23-24-20(29-18)19(27)22-15-7-4-3-5-8-15/h3-5,7-8H,6,9-12H2,1-2H3,(H,21,26)(H,22,27). The van der Waals surface area contributed by atoms with Gasteiger partial charge in [0, 0.05) is 30.6 Å². The van der Waals surface area contributed by atoms with Crippen LogP contribution in [-0.2, 0) is 17.6 Å². The summed E-state index contributed by atoms with van der Waals surface area (Å²) in [5.74, 6) is 0.500. The van der Waals surface area contributed by atoms with Crippen LogP contribution in [0.25, 0.3) is 0 Å². The molecule has 0 atom stereocenters. The van der Waals surface area contributed by atoms with Gasteiger partial charge in [-0.25, -0.2) is 0 Å². The molecule has 2 aromatic heterocycles. The Kier molecular flexibility index (Phi) is 7.07. The van der Waals surface area contributed by atoms with Crippen molar-refractivity contribution in [2.45, 2.75) is 39.5 Å². The lowest BCUT2D eigenvalue weighted by atomic mass is 10.1. The predicted octanol–water partition coefficient (Wildman–Crippen LogP) is 3.08. The average Bonchev–Trinajstić information content (AvgIpc) is 3.31. The Labute approximate surface area is 172 Å². The molecule has 29 heavy (non-hydrogen) atoms. The van der Waals surface area contributed by atoms with Crippen LogP contribution in [0.2, 0.25) is 0 Å². The molecule has 2 heterocycles. The summed E-state index contributed by atoms with van der Waals surface area (Å²) in [6, 6.07) is 9.20. The van der Waals surface area contributed by atoms with Gasteiger partial charge in [0.05, 0.1) is 5.69 Å². The molecular weight excluding hydrogens is 390 g/mol. The molecule has 0 saturated carbocycles. The number of benzene rings is 1. The van der Waals surface area contributed by atoms with Crippen LogP contribution in [0.15, 0.2) is 34.9 Å². The van der Waals surface area contributed by atoms with Gasteiger partial charge in [-0.2, -0.15) is 0 Å². The summed E-state index contributed by atoms with van der Waals surface area (Å²) in [7, 11) is 0. The number of amides is 2. The summed E-state index contributed by atoms with van der Waals surface area (Å²) in [6.07, 6.45) is 2.34. The number of carbonyl (C=O) groups is 2. The van der Waals surface area contributed by atoms with Crippen LogP contribution in [0.3, 0.4) is 0 Å². The highest BCUT2D eigenvalue weighted by Crippen LogP contribution is 2.15. The first-order valence-electron chi connectivity index (χ1n) is 9.40. The van der Waals surface area contributed by atoms with Crippen LogP contribution in [0.4, 0.5) is 5.69 Å². The highest BCUT2D eigenvalue weighted by atomic mass is 32.1. The van der Waals surface area contributed by atoms with E-state index in [1.54, 1.807) is 0 Å². The fourth-order valence-electron chi connectivity index (χ4n) is 2.83. The minimum Gasteiger partial charge on any atom is -0.361 e. The molecule has 0 spiro atoms. The second-order valence-corrected chi connectivity index (χ2v) is 7.64. The van der Waals surface area contributed by atoms with Crippen molar-refractivity contribution in [3.8, 4) is 0 Å². The van der Waals surface area contributed by atoms with E-state index < -0.39 is 0 Å². The summed E-state index contributed by atoms with van der Waals surface area (Å²) >= 11 is 1.25. The fourth-order valence-corrected chi connectivity index (χ4v) is 3.60. The molecule has 3 aromatic rings. The molecule has 0 bridgehead atoms. The van der Waals surface area contributed by atoms with E-state index in [0.29, 0.717) is 42.9 Å². The molecule has 0 saturated heterocycles. The van der Waals surface area contributed by atoms with Crippen molar-refractivity contribution in [3.63, 3.8) is 0 Å². The number of hydrogen-bond donors (Lipinski definition) is 2. The molecule has 1 aromatic carbocycles. The van der Waals surface area contributed by atoms with Crippen molar-refractivity contribution in [1.82, 2.24) is 20.7 Å². The normalized spacial score (nSPS) is 10.7. The van der Waals surface area contributed by atoms with E-state index in [-0.39, 0.29) is 11.8 Å². The number of carbonyl (C=O) groups excluding carboxylic acids is 2. The monoisotopic (exact) mass is 413 g/mol. The van der Waals surface area contributed by atoms with Crippen molar-refractivity contribution < 1.29 is 14.1 Å². The number of aromatic nitrogens is 3. The van der Waals surface area contributed by atoms with Gasteiger partial charge in [0.1, 0.15) is 10.8 Å². The number of anilines is 1. The first-order chi connectivity index (χ1) is 14.0.